The summed E-state index contributed by atoms with van der Waals surface area (Å²) in [5.74, 6) is -1.89. The Morgan fingerprint density at radius 1 is 1.12 bits per heavy atom. The molecule has 168 valence electrons. The van der Waals surface area contributed by atoms with E-state index in [9.17, 15) is 18.0 Å². The molecule has 0 aliphatic carbocycles. The van der Waals surface area contributed by atoms with Gasteiger partial charge in [-0.05, 0) is 26.0 Å². The summed E-state index contributed by atoms with van der Waals surface area (Å²) in [6.07, 6.45) is -5.63. The van der Waals surface area contributed by atoms with Crippen LogP contribution in [-0.4, -0.2) is 44.4 Å². The highest BCUT2D eigenvalue weighted by molar-refractivity contribution is 6.33. The number of hydrogen-bond acceptors (Lipinski definition) is 6. The van der Waals surface area contributed by atoms with Gasteiger partial charge in [0, 0.05) is 11.8 Å². The molecule has 1 aromatic carbocycles. The van der Waals surface area contributed by atoms with Crippen molar-refractivity contribution in [2.45, 2.75) is 50.4 Å². The number of ketones is 1. The van der Waals surface area contributed by atoms with Gasteiger partial charge in [0.1, 0.15) is 29.3 Å². The summed E-state index contributed by atoms with van der Waals surface area (Å²) in [5.41, 5.74) is -1.08. The zero-order valence-corrected chi connectivity index (χ0v) is 17.6. The van der Waals surface area contributed by atoms with E-state index in [0.717, 1.165) is 12.1 Å². The second-order valence-electron chi connectivity index (χ2n) is 8.04. The van der Waals surface area contributed by atoms with Crippen LogP contribution >= 0.6 is 11.6 Å². The Kier molecular flexibility index (Phi) is 4.82. The number of benzene rings is 1. The van der Waals surface area contributed by atoms with Crippen molar-refractivity contribution in [3.05, 3.63) is 59.1 Å². The summed E-state index contributed by atoms with van der Waals surface area (Å²) < 4.78 is 60.0. The molecule has 2 fully saturated rings. The van der Waals surface area contributed by atoms with Gasteiger partial charge in [-0.15, -0.1) is 0 Å². The number of Topliss-reactive ketones (excluding diaryl/α,β-unsaturated/α-hetero) is 1. The molecule has 0 amide bonds. The molecule has 11 heteroatoms. The lowest BCUT2D eigenvalue weighted by Gasteiger charge is -2.25. The van der Waals surface area contributed by atoms with Crippen LogP contribution in [0.3, 0.4) is 0 Å². The van der Waals surface area contributed by atoms with E-state index in [4.69, 9.17) is 25.8 Å². The smallest absolute Gasteiger partial charge is 0.341 e. The van der Waals surface area contributed by atoms with Crippen molar-refractivity contribution in [1.82, 2.24) is 14.5 Å². The summed E-state index contributed by atoms with van der Waals surface area (Å²) in [5, 5.41) is 0.795. The molecule has 2 aliphatic rings. The van der Waals surface area contributed by atoms with Crippen molar-refractivity contribution in [2.75, 3.05) is 0 Å². The summed E-state index contributed by atoms with van der Waals surface area (Å²) >= 11 is 6.13. The molecule has 2 aromatic heterocycles. The van der Waals surface area contributed by atoms with Gasteiger partial charge in [-0.3, -0.25) is 4.79 Å². The zero-order valence-electron chi connectivity index (χ0n) is 16.8. The molecule has 2 aliphatic heterocycles. The zero-order chi connectivity index (χ0) is 22.8. The average molecular weight is 468 g/mol. The van der Waals surface area contributed by atoms with Crippen molar-refractivity contribution in [3.63, 3.8) is 0 Å². The van der Waals surface area contributed by atoms with Crippen molar-refractivity contribution in [3.8, 4) is 0 Å². The van der Waals surface area contributed by atoms with Crippen LogP contribution in [0.15, 0.2) is 42.9 Å². The van der Waals surface area contributed by atoms with Gasteiger partial charge >= 0.3 is 6.18 Å². The average Bonchev–Trinajstić information content (AvgIpc) is 3.38. The lowest BCUT2D eigenvalue weighted by atomic mass is 9.96. The summed E-state index contributed by atoms with van der Waals surface area (Å²) in [6.45, 7) is 3.33. The van der Waals surface area contributed by atoms with Crippen LogP contribution in [-0.2, 0) is 20.4 Å². The topological polar surface area (TPSA) is 75.5 Å². The number of alkyl halides is 3. The van der Waals surface area contributed by atoms with Crippen LogP contribution in [0, 0.1) is 0 Å². The number of ether oxygens (including phenoxy) is 3. The molecule has 4 atom stereocenters. The van der Waals surface area contributed by atoms with E-state index >= 15 is 0 Å². The molecule has 32 heavy (non-hydrogen) atoms. The molecule has 0 spiro atoms. The first-order valence-corrected chi connectivity index (χ1v) is 10.1. The molecular weight excluding hydrogens is 451 g/mol. The van der Waals surface area contributed by atoms with Crippen molar-refractivity contribution < 1.29 is 32.2 Å². The van der Waals surface area contributed by atoms with Gasteiger partial charge in [0.15, 0.2) is 23.9 Å². The van der Waals surface area contributed by atoms with Crippen molar-refractivity contribution >= 4 is 28.4 Å². The third-order valence-corrected chi connectivity index (χ3v) is 5.82. The van der Waals surface area contributed by atoms with Crippen LogP contribution in [0.4, 0.5) is 13.2 Å². The summed E-state index contributed by atoms with van der Waals surface area (Å²) in [6, 6.07) is 6.29. The molecule has 4 heterocycles. The number of rotatable bonds is 3. The summed E-state index contributed by atoms with van der Waals surface area (Å²) in [7, 11) is 0. The molecule has 0 unspecified atom stereocenters. The van der Waals surface area contributed by atoms with Gasteiger partial charge in [0.05, 0.1) is 10.9 Å². The predicted octanol–water partition coefficient (Wildman–Crippen LogP) is 4.40. The van der Waals surface area contributed by atoms with Crippen LogP contribution in [0.2, 0.25) is 5.15 Å². The molecule has 2 saturated heterocycles. The molecule has 5 rings (SSSR count). The number of hydrogen-bond donors (Lipinski definition) is 0. The van der Waals surface area contributed by atoms with Gasteiger partial charge in [-0.1, -0.05) is 29.8 Å². The molecule has 0 bridgehead atoms. The number of carbonyl (C=O) groups is 1. The maximum absolute atomic E-state index is 13.5. The van der Waals surface area contributed by atoms with E-state index < -0.39 is 53.4 Å². The van der Waals surface area contributed by atoms with Crippen LogP contribution < -0.4 is 0 Å². The fraction of sp³-hybridized carbons (Fsp3) is 0.381. The summed E-state index contributed by atoms with van der Waals surface area (Å²) in [4.78, 5) is 21.4. The Bertz CT molecular complexity index is 1210. The van der Waals surface area contributed by atoms with Crippen LogP contribution in [0.1, 0.15) is 36.0 Å². The maximum Gasteiger partial charge on any atom is 0.417 e. The first-order chi connectivity index (χ1) is 15.1. The second kappa shape index (κ2) is 7.24. The third kappa shape index (κ3) is 3.38. The first kappa shape index (κ1) is 21.3. The first-order valence-electron chi connectivity index (χ1n) is 9.75. The fourth-order valence-electron chi connectivity index (χ4n) is 4.26. The SMILES string of the molecule is CC1(C)O[C@@H]2[C@H](O1)[C@@H](C(=O)c1ccccc1C(F)(F)F)O[C@H]2n1ccc2c(Cl)ncnc21. The van der Waals surface area contributed by atoms with Crippen molar-refractivity contribution in [2.24, 2.45) is 0 Å². The van der Waals surface area contributed by atoms with Crippen molar-refractivity contribution in [1.29, 1.82) is 0 Å². The molecule has 0 saturated carbocycles. The Labute approximate surface area is 185 Å². The van der Waals surface area contributed by atoms with E-state index in [-0.39, 0.29) is 5.15 Å². The lowest BCUT2D eigenvalue weighted by Crippen LogP contribution is -2.36. The lowest BCUT2D eigenvalue weighted by molar-refractivity contribution is -0.190. The van der Waals surface area contributed by atoms with E-state index in [1.54, 1.807) is 30.7 Å². The van der Waals surface area contributed by atoms with E-state index in [2.05, 4.69) is 9.97 Å². The van der Waals surface area contributed by atoms with Gasteiger partial charge in [0.25, 0.3) is 0 Å². The Morgan fingerprint density at radius 3 is 2.59 bits per heavy atom. The Balaban J connectivity index is 1.57. The molecule has 3 aromatic rings. The standard InChI is InChI=1S/C21H17ClF3N3O4/c1-20(2)31-15-14(13(29)10-5-3-4-6-12(10)21(23,24)25)30-19(16(15)32-20)28-8-7-11-17(22)26-9-27-18(11)28/h3-9,14-16,19H,1-2H3/t14-,15-,16-,19-/m1/s1. The third-order valence-electron chi connectivity index (χ3n) is 5.52. The van der Waals surface area contributed by atoms with Gasteiger partial charge in [-0.25, -0.2) is 9.97 Å². The Morgan fingerprint density at radius 2 is 1.84 bits per heavy atom. The number of fused-ring (bicyclic) bond motifs is 2. The predicted molar refractivity (Wildman–Crippen MR) is 106 cm³/mol. The van der Waals surface area contributed by atoms with Crippen LogP contribution in [0.25, 0.3) is 11.0 Å². The highest BCUT2D eigenvalue weighted by atomic mass is 35.5. The molecular formula is C21H17ClF3N3O4. The number of halogens is 4. The minimum absolute atomic E-state index is 0.235. The van der Waals surface area contributed by atoms with Crippen LogP contribution in [0.5, 0.6) is 0 Å². The monoisotopic (exact) mass is 467 g/mol. The molecule has 0 radical (unpaired) electrons. The van der Waals surface area contributed by atoms with Gasteiger partial charge < -0.3 is 18.8 Å². The van der Waals surface area contributed by atoms with E-state index in [1.165, 1.54) is 18.5 Å². The minimum atomic E-state index is -4.69. The fourth-order valence-corrected chi connectivity index (χ4v) is 4.45. The number of nitrogens with zero attached hydrogens (tertiary/aromatic N) is 3. The highest BCUT2D eigenvalue weighted by Gasteiger charge is 2.58. The second-order valence-corrected chi connectivity index (χ2v) is 8.40. The van der Waals surface area contributed by atoms with Gasteiger partial charge in [0.2, 0.25) is 0 Å². The van der Waals surface area contributed by atoms with E-state index in [0.29, 0.717) is 11.0 Å². The largest absolute Gasteiger partial charge is 0.417 e. The maximum atomic E-state index is 13.5. The highest BCUT2D eigenvalue weighted by Crippen LogP contribution is 2.45. The number of carbonyl (C=O) groups excluding carboxylic acids is 1. The number of aromatic nitrogens is 3. The Hall–Kier alpha value is -2.53. The van der Waals surface area contributed by atoms with Gasteiger partial charge in [-0.2, -0.15) is 13.2 Å². The van der Waals surface area contributed by atoms with E-state index in [1.807, 2.05) is 0 Å². The quantitative estimate of drug-likeness (QED) is 0.420. The normalized spacial score (nSPS) is 27.1. The molecule has 7 nitrogen and oxygen atoms in total. The minimum Gasteiger partial charge on any atom is -0.341 e. The molecule has 0 N–H and O–H groups in total.